The summed E-state index contributed by atoms with van der Waals surface area (Å²) < 4.78 is 10.7. The SMILES string of the molecule is CCOC[C@H](COC(=O)NCc1ccccc1)NCC1CC1. The summed E-state index contributed by atoms with van der Waals surface area (Å²) in [6.45, 7) is 4.98. The summed E-state index contributed by atoms with van der Waals surface area (Å²) in [4.78, 5) is 11.7. The van der Waals surface area contributed by atoms with Crippen LogP contribution in [0.3, 0.4) is 0 Å². The predicted octanol–water partition coefficient (Wildman–Crippen LogP) is 2.32. The van der Waals surface area contributed by atoms with Gasteiger partial charge in [0, 0.05) is 13.2 Å². The third-order valence-electron chi connectivity index (χ3n) is 3.61. The van der Waals surface area contributed by atoms with E-state index in [-0.39, 0.29) is 6.04 Å². The first kappa shape index (κ1) is 16.8. The van der Waals surface area contributed by atoms with Gasteiger partial charge in [-0.3, -0.25) is 0 Å². The predicted molar refractivity (Wildman–Crippen MR) is 85.6 cm³/mol. The molecular formula is C17H26N2O3. The summed E-state index contributed by atoms with van der Waals surface area (Å²) in [5, 5.41) is 6.17. The van der Waals surface area contributed by atoms with Crippen LogP contribution in [-0.2, 0) is 16.0 Å². The first-order valence-electron chi connectivity index (χ1n) is 8.03. The van der Waals surface area contributed by atoms with Gasteiger partial charge in [0.25, 0.3) is 0 Å². The monoisotopic (exact) mass is 306 g/mol. The highest BCUT2D eigenvalue weighted by atomic mass is 16.6. The molecule has 1 atom stereocenters. The van der Waals surface area contributed by atoms with Crippen LogP contribution < -0.4 is 10.6 Å². The van der Waals surface area contributed by atoms with Gasteiger partial charge in [-0.05, 0) is 37.8 Å². The van der Waals surface area contributed by atoms with Crippen molar-refractivity contribution in [3.8, 4) is 0 Å². The van der Waals surface area contributed by atoms with Crippen LogP contribution in [0.15, 0.2) is 30.3 Å². The Morgan fingerprint density at radius 1 is 1.27 bits per heavy atom. The van der Waals surface area contributed by atoms with Crippen LogP contribution in [0.2, 0.25) is 0 Å². The Morgan fingerprint density at radius 2 is 2.05 bits per heavy atom. The second-order valence-corrected chi connectivity index (χ2v) is 5.65. The molecule has 1 aliphatic carbocycles. The van der Waals surface area contributed by atoms with E-state index < -0.39 is 6.09 Å². The van der Waals surface area contributed by atoms with Crippen LogP contribution in [0, 0.1) is 5.92 Å². The molecule has 0 bridgehead atoms. The van der Waals surface area contributed by atoms with Gasteiger partial charge >= 0.3 is 6.09 Å². The number of alkyl carbamates (subject to hydrolysis) is 1. The van der Waals surface area contributed by atoms with E-state index in [4.69, 9.17) is 9.47 Å². The van der Waals surface area contributed by atoms with Crippen LogP contribution in [0.25, 0.3) is 0 Å². The highest BCUT2D eigenvalue weighted by Crippen LogP contribution is 2.27. The van der Waals surface area contributed by atoms with E-state index >= 15 is 0 Å². The summed E-state index contributed by atoms with van der Waals surface area (Å²) >= 11 is 0. The van der Waals surface area contributed by atoms with Crippen LogP contribution >= 0.6 is 0 Å². The molecule has 2 rings (SSSR count). The van der Waals surface area contributed by atoms with E-state index in [1.807, 2.05) is 37.3 Å². The summed E-state index contributed by atoms with van der Waals surface area (Å²) in [7, 11) is 0. The zero-order valence-electron chi connectivity index (χ0n) is 13.2. The number of benzene rings is 1. The third-order valence-corrected chi connectivity index (χ3v) is 3.61. The van der Waals surface area contributed by atoms with Crippen molar-refractivity contribution >= 4 is 6.09 Å². The van der Waals surface area contributed by atoms with Gasteiger partial charge < -0.3 is 20.1 Å². The second kappa shape index (κ2) is 9.43. The molecule has 0 unspecified atom stereocenters. The van der Waals surface area contributed by atoms with Gasteiger partial charge in [0.15, 0.2) is 0 Å². The molecule has 22 heavy (non-hydrogen) atoms. The van der Waals surface area contributed by atoms with Crippen molar-refractivity contribution in [3.63, 3.8) is 0 Å². The van der Waals surface area contributed by atoms with E-state index in [2.05, 4.69) is 10.6 Å². The first-order valence-corrected chi connectivity index (χ1v) is 8.03. The minimum atomic E-state index is -0.390. The Morgan fingerprint density at radius 3 is 2.73 bits per heavy atom. The number of amides is 1. The molecule has 0 aromatic heterocycles. The fourth-order valence-corrected chi connectivity index (χ4v) is 2.08. The lowest BCUT2D eigenvalue weighted by Crippen LogP contribution is -2.40. The minimum Gasteiger partial charge on any atom is -0.448 e. The number of hydrogen-bond donors (Lipinski definition) is 2. The van der Waals surface area contributed by atoms with Gasteiger partial charge in [-0.15, -0.1) is 0 Å². The Hall–Kier alpha value is -1.59. The summed E-state index contributed by atoms with van der Waals surface area (Å²) in [5.74, 6) is 0.788. The van der Waals surface area contributed by atoms with Crippen molar-refractivity contribution in [2.24, 2.45) is 5.92 Å². The molecule has 1 saturated carbocycles. The lowest BCUT2D eigenvalue weighted by molar-refractivity contribution is 0.0812. The zero-order chi connectivity index (χ0) is 15.6. The molecule has 5 heteroatoms. The Kier molecular flexibility index (Phi) is 7.19. The fraction of sp³-hybridized carbons (Fsp3) is 0.588. The summed E-state index contributed by atoms with van der Waals surface area (Å²) in [6, 6.07) is 9.84. The maximum absolute atomic E-state index is 11.7. The van der Waals surface area contributed by atoms with Gasteiger partial charge in [-0.25, -0.2) is 4.79 Å². The number of hydrogen-bond acceptors (Lipinski definition) is 4. The average molecular weight is 306 g/mol. The standard InChI is InChI=1S/C17H26N2O3/c1-2-21-12-16(18-10-15-8-9-15)13-22-17(20)19-11-14-6-4-3-5-7-14/h3-7,15-16,18H,2,8-13H2,1H3,(H,19,20)/t16-/m1/s1. The van der Waals surface area contributed by atoms with Crippen molar-refractivity contribution in [1.82, 2.24) is 10.6 Å². The maximum Gasteiger partial charge on any atom is 0.407 e. The largest absolute Gasteiger partial charge is 0.448 e. The van der Waals surface area contributed by atoms with Crippen molar-refractivity contribution in [2.45, 2.75) is 32.4 Å². The Bertz CT molecular complexity index is 435. The van der Waals surface area contributed by atoms with Crippen molar-refractivity contribution in [1.29, 1.82) is 0 Å². The quantitative estimate of drug-likeness (QED) is 0.696. The van der Waals surface area contributed by atoms with E-state index in [1.165, 1.54) is 12.8 Å². The van der Waals surface area contributed by atoms with Gasteiger partial charge in [-0.1, -0.05) is 30.3 Å². The zero-order valence-corrected chi connectivity index (χ0v) is 13.2. The van der Waals surface area contributed by atoms with Crippen molar-refractivity contribution in [2.75, 3.05) is 26.4 Å². The Balaban J connectivity index is 1.64. The number of carbonyl (C=O) groups excluding carboxylic acids is 1. The molecule has 5 nitrogen and oxygen atoms in total. The van der Waals surface area contributed by atoms with Crippen LogP contribution in [0.4, 0.5) is 4.79 Å². The van der Waals surface area contributed by atoms with Gasteiger partial charge in [-0.2, -0.15) is 0 Å². The lowest BCUT2D eigenvalue weighted by Gasteiger charge is -2.18. The van der Waals surface area contributed by atoms with Crippen molar-refractivity contribution in [3.05, 3.63) is 35.9 Å². The number of nitrogens with one attached hydrogen (secondary N) is 2. The maximum atomic E-state index is 11.7. The molecule has 0 heterocycles. The molecule has 2 N–H and O–H groups in total. The molecule has 0 saturated heterocycles. The average Bonchev–Trinajstić information content (AvgIpc) is 3.37. The number of rotatable bonds is 10. The second-order valence-electron chi connectivity index (χ2n) is 5.65. The third kappa shape index (κ3) is 6.91. The fourth-order valence-electron chi connectivity index (χ4n) is 2.08. The molecule has 0 spiro atoms. The summed E-state index contributed by atoms with van der Waals surface area (Å²) in [6.07, 6.45) is 2.21. The highest BCUT2D eigenvalue weighted by Gasteiger charge is 2.22. The first-order chi connectivity index (χ1) is 10.8. The minimum absolute atomic E-state index is 0.0584. The molecular weight excluding hydrogens is 280 g/mol. The van der Waals surface area contributed by atoms with Crippen LogP contribution in [0.5, 0.6) is 0 Å². The normalized spacial score (nSPS) is 15.3. The molecule has 1 amide bonds. The van der Waals surface area contributed by atoms with E-state index in [0.717, 1.165) is 18.0 Å². The molecule has 122 valence electrons. The smallest absolute Gasteiger partial charge is 0.407 e. The molecule has 0 aliphatic heterocycles. The number of ether oxygens (including phenoxy) is 2. The van der Waals surface area contributed by atoms with Gasteiger partial charge in [0.2, 0.25) is 0 Å². The van der Waals surface area contributed by atoms with Gasteiger partial charge in [0.1, 0.15) is 6.61 Å². The number of carbonyl (C=O) groups is 1. The topological polar surface area (TPSA) is 59.6 Å². The van der Waals surface area contributed by atoms with E-state index in [1.54, 1.807) is 0 Å². The molecule has 1 aromatic carbocycles. The van der Waals surface area contributed by atoms with E-state index in [9.17, 15) is 4.79 Å². The van der Waals surface area contributed by atoms with Gasteiger partial charge in [0.05, 0.1) is 12.6 Å². The van der Waals surface area contributed by atoms with Crippen molar-refractivity contribution < 1.29 is 14.3 Å². The summed E-state index contributed by atoms with van der Waals surface area (Å²) in [5.41, 5.74) is 1.05. The Labute approximate surface area is 132 Å². The lowest BCUT2D eigenvalue weighted by atomic mass is 10.2. The van der Waals surface area contributed by atoms with Crippen LogP contribution in [-0.4, -0.2) is 38.5 Å². The molecule has 1 aromatic rings. The molecule has 0 radical (unpaired) electrons. The highest BCUT2D eigenvalue weighted by molar-refractivity contribution is 5.67. The molecule has 1 fully saturated rings. The van der Waals surface area contributed by atoms with Crippen LogP contribution in [0.1, 0.15) is 25.3 Å². The molecule has 1 aliphatic rings. The van der Waals surface area contributed by atoms with E-state index in [0.29, 0.717) is 26.4 Å².